The molecule has 1 aromatic heterocycles. The third-order valence-corrected chi connectivity index (χ3v) is 12.7. The maximum absolute atomic E-state index is 14.0. The molecule has 224 valence electrons. The number of nitrogens with one attached hydrogen (secondary N) is 1. The fraction of sp³-hybridized carbons (Fsp3) is 0.324. The van der Waals surface area contributed by atoms with Crippen molar-refractivity contribution in [3.05, 3.63) is 103 Å². The van der Waals surface area contributed by atoms with Crippen molar-refractivity contribution in [2.45, 2.75) is 36.1 Å². The number of imide groups is 1. The smallest absolute Gasteiger partial charge is 0.305 e. The maximum atomic E-state index is 14.0. The third-order valence-electron chi connectivity index (χ3n) is 9.87. The van der Waals surface area contributed by atoms with Crippen LogP contribution >= 0.6 is 34.7 Å². The number of benzene rings is 3. The average molecular weight is 645 g/mol. The highest BCUT2D eigenvalue weighted by molar-refractivity contribution is 8.00. The Labute approximate surface area is 267 Å². The lowest BCUT2D eigenvalue weighted by molar-refractivity contribution is -0.123. The zero-order valence-electron chi connectivity index (χ0n) is 24.0. The number of thioether (sulfide) groups is 1. The highest BCUT2D eigenvalue weighted by Crippen LogP contribution is 2.68. The van der Waals surface area contributed by atoms with Crippen molar-refractivity contribution in [1.29, 1.82) is 0 Å². The van der Waals surface area contributed by atoms with E-state index < -0.39 is 0 Å². The van der Waals surface area contributed by atoms with Crippen LogP contribution < -0.4 is 19.2 Å². The van der Waals surface area contributed by atoms with Crippen molar-refractivity contribution in [2.75, 3.05) is 12.0 Å². The summed E-state index contributed by atoms with van der Waals surface area (Å²) in [6, 6.07) is 21.1. The van der Waals surface area contributed by atoms with Gasteiger partial charge in [0.05, 0.1) is 29.7 Å². The molecule has 2 amide bonds. The predicted octanol–water partition coefficient (Wildman–Crippen LogP) is 6.66. The van der Waals surface area contributed by atoms with Gasteiger partial charge in [-0.1, -0.05) is 58.8 Å². The zero-order chi connectivity index (χ0) is 30.3. The van der Waals surface area contributed by atoms with E-state index in [2.05, 4.69) is 11.1 Å². The number of carbonyl (C=O) groups excluding carboxylic acids is 2. The van der Waals surface area contributed by atoms with Crippen molar-refractivity contribution in [3.63, 3.8) is 0 Å². The number of methoxy groups -OCH3 is 1. The number of carbonyl (C=O) groups is 2. The first-order chi connectivity index (χ1) is 21.3. The number of aromatic amines is 1. The number of thiazole rings is 1. The van der Waals surface area contributed by atoms with Crippen molar-refractivity contribution >= 4 is 52.2 Å². The number of rotatable bonds is 6. The molecule has 7 atom stereocenters. The molecule has 8 rings (SSSR count). The minimum Gasteiger partial charge on any atom is -0.493 e. The first-order valence-electron chi connectivity index (χ1n) is 14.7. The topological polar surface area (TPSA) is 88.7 Å². The summed E-state index contributed by atoms with van der Waals surface area (Å²) in [5.74, 6) is 0.481. The number of halogens is 1. The van der Waals surface area contributed by atoms with E-state index in [1.807, 2.05) is 67.6 Å². The molecule has 2 aliphatic heterocycles. The Balaban J connectivity index is 1.14. The van der Waals surface area contributed by atoms with E-state index in [0.717, 1.165) is 33.0 Å². The van der Waals surface area contributed by atoms with Crippen LogP contribution in [0.25, 0.3) is 0 Å². The van der Waals surface area contributed by atoms with Crippen LogP contribution in [0.3, 0.4) is 0 Å². The van der Waals surface area contributed by atoms with Gasteiger partial charge in [-0.3, -0.25) is 19.3 Å². The molecule has 1 N–H and O–H groups in total. The van der Waals surface area contributed by atoms with Gasteiger partial charge in [0, 0.05) is 21.1 Å². The third kappa shape index (κ3) is 4.27. The summed E-state index contributed by atoms with van der Waals surface area (Å²) in [6.45, 7) is 2.35. The molecule has 2 saturated carbocycles. The fourth-order valence-corrected chi connectivity index (χ4v) is 11.1. The first-order valence-corrected chi connectivity index (χ1v) is 16.8. The number of aryl methyl sites for hydroxylation is 1. The summed E-state index contributed by atoms with van der Waals surface area (Å²) in [7, 11) is 1.62. The standard InChI is InChI=1S/C34H29ClN2O5S2/c1-16-3-10-20(11-4-16)37-32(38)27-21-14-22(28(27)33(37)39)29-26(21)25(30-31(43-29)36-34(40)44-30)18-7-12-23(24(13-18)41-2)42-15-17-5-8-19(35)9-6-17/h3-13,21-22,25-29H,14-15H2,1-2H3,(H,36,40)/t21-,22-,25+,26+,27+,28+,29-/m1/s1. The second-order valence-electron chi connectivity index (χ2n) is 12.1. The molecule has 3 heterocycles. The van der Waals surface area contributed by atoms with Crippen molar-refractivity contribution in [2.24, 2.45) is 29.6 Å². The van der Waals surface area contributed by atoms with E-state index in [9.17, 15) is 14.4 Å². The first kappa shape index (κ1) is 28.0. The van der Waals surface area contributed by atoms with Gasteiger partial charge >= 0.3 is 4.87 Å². The minimum atomic E-state index is -0.348. The molecule has 4 aromatic rings. The molecule has 10 heteroatoms. The average Bonchev–Trinajstić information content (AvgIpc) is 3.76. The normalized spacial score (nSPS) is 28.2. The number of ether oxygens (including phenoxy) is 2. The molecular weight excluding hydrogens is 616 g/mol. The highest BCUT2D eigenvalue weighted by atomic mass is 35.5. The van der Waals surface area contributed by atoms with Crippen molar-refractivity contribution in [1.82, 2.24) is 4.98 Å². The van der Waals surface area contributed by atoms with E-state index in [1.165, 1.54) is 16.2 Å². The van der Waals surface area contributed by atoms with Crippen molar-refractivity contribution in [3.8, 4) is 11.5 Å². The molecule has 7 nitrogen and oxygen atoms in total. The Morgan fingerprint density at radius 3 is 2.39 bits per heavy atom. The lowest BCUT2D eigenvalue weighted by Crippen LogP contribution is -2.42. The number of aromatic nitrogens is 1. The van der Waals surface area contributed by atoms with Crippen LogP contribution in [-0.4, -0.2) is 29.2 Å². The van der Waals surface area contributed by atoms with E-state index >= 15 is 0 Å². The summed E-state index contributed by atoms with van der Waals surface area (Å²) in [4.78, 5) is 45.9. The van der Waals surface area contributed by atoms with Crippen LogP contribution in [0, 0.1) is 36.5 Å². The Morgan fingerprint density at radius 1 is 0.932 bits per heavy atom. The monoisotopic (exact) mass is 644 g/mol. The van der Waals surface area contributed by atoms with Gasteiger partial charge in [0.25, 0.3) is 0 Å². The number of hydrogen-bond acceptors (Lipinski definition) is 7. The van der Waals surface area contributed by atoms with Crippen LogP contribution in [0.5, 0.6) is 11.5 Å². The summed E-state index contributed by atoms with van der Waals surface area (Å²) >= 11 is 8.96. The Bertz CT molecular complexity index is 1850. The molecule has 3 fully saturated rings. The molecule has 1 saturated heterocycles. The summed E-state index contributed by atoms with van der Waals surface area (Å²) < 4.78 is 11.9. The number of H-pyrrole nitrogens is 1. The SMILES string of the molecule is COc1cc([C@@H]2c3sc(=O)[nH]c3S[C@@H]3[C@@H]4C[C@@H]([C@@H]5C(=O)N(c6ccc(C)cc6)C(=O)[C@@H]45)[C@@H]23)ccc1OCc1ccc(Cl)cc1. The van der Waals surface area contributed by atoms with Gasteiger partial charge in [0.2, 0.25) is 11.8 Å². The van der Waals surface area contributed by atoms with Gasteiger partial charge in [-0.15, -0.1) is 11.8 Å². The molecule has 2 aliphatic carbocycles. The fourth-order valence-electron chi connectivity index (χ4n) is 8.08. The lowest BCUT2D eigenvalue weighted by atomic mass is 9.68. The molecular formula is C34H29ClN2O5S2. The van der Waals surface area contributed by atoms with Gasteiger partial charge in [0.15, 0.2) is 11.5 Å². The van der Waals surface area contributed by atoms with E-state index in [4.69, 9.17) is 21.1 Å². The van der Waals surface area contributed by atoms with Crippen LogP contribution in [-0.2, 0) is 16.2 Å². The highest BCUT2D eigenvalue weighted by Gasteiger charge is 2.69. The van der Waals surface area contributed by atoms with Crippen LogP contribution in [0.4, 0.5) is 5.69 Å². The summed E-state index contributed by atoms with van der Waals surface area (Å²) in [6.07, 6.45) is 0.839. The van der Waals surface area contributed by atoms with E-state index in [1.54, 1.807) is 18.9 Å². The lowest BCUT2D eigenvalue weighted by Gasteiger charge is -2.43. The van der Waals surface area contributed by atoms with Gasteiger partial charge in [0.1, 0.15) is 6.61 Å². The largest absolute Gasteiger partial charge is 0.493 e. The van der Waals surface area contributed by atoms with Gasteiger partial charge in [-0.2, -0.15) is 0 Å². The predicted molar refractivity (Wildman–Crippen MR) is 171 cm³/mol. The second-order valence-corrected chi connectivity index (χ2v) is 14.8. The number of anilines is 1. The number of amides is 2. The number of fused-ring (bicyclic) bond motifs is 9. The quantitative estimate of drug-likeness (QED) is 0.236. The minimum absolute atomic E-state index is 0.0385. The summed E-state index contributed by atoms with van der Waals surface area (Å²) in [5.41, 5.74) is 3.73. The maximum Gasteiger partial charge on any atom is 0.305 e. The Kier molecular flexibility index (Phi) is 6.70. The Morgan fingerprint density at radius 2 is 1.66 bits per heavy atom. The van der Waals surface area contributed by atoms with Crippen LogP contribution in [0.1, 0.15) is 33.9 Å². The van der Waals surface area contributed by atoms with Crippen LogP contribution in [0.15, 0.2) is 76.6 Å². The molecule has 2 bridgehead atoms. The van der Waals surface area contributed by atoms with Gasteiger partial charge in [-0.05, 0) is 78.6 Å². The number of nitrogens with zero attached hydrogens (tertiary/aromatic N) is 1. The molecule has 0 radical (unpaired) electrons. The number of hydrogen-bond donors (Lipinski definition) is 1. The van der Waals surface area contributed by atoms with Crippen molar-refractivity contribution < 1.29 is 19.1 Å². The summed E-state index contributed by atoms with van der Waals surface area (Å²) in [5, 5.41) is 1.67. The molecule has 0 unspecified atom stereocenters. The molecule has 3 aromatic carbocycles. The van der Waals surface area contributed by atoms with E-state index in [0.29, 0.717) is 28.8 Å². The second kappa shape index (κ2) is 10.5. The molecule has 4 aliphatic rings. The van der Waals surface area contributed by atoms with Gasteiger partial charge in [-0.25, -0.2) is 0 Å². The molecule has 44 heavy (non-hydrogen) atoms. The zero-order valence-corrected chi connectivity index (χ0v) is 26.4. The van der Waals surface area contributed by atoms with Crippen LogP contribution in [0.2, 0.25) is 5.02 Å². The Hall–Kier alpha value is -3.53. The van der Waals surface area contributed by atoms with Gasteiger partial charge < -0.3 is 14.5 Å². The van der Waals surface area contributed by atoms with E-state index in [-0.39, 0.29) is 57.4 Å². The molecule has 0 spiro atoms.